The van der Waals surface area contributed by atoms with Crippen LogP contribution in [0.2, 0.25) is 0 Å². The molecule has 0 unspecified atom stereocenters. The Kier molecular flexibility index (Phi) is 5.18. The van der Waals surface area contributed by atoms with Crippen molar-refractivity contribution < 1.29 is 23.8 Å². The summed E-state index contributed by atoms with van der Waals surface area (Å²) in [5.74, 6) is 0.664. The monoisotopic (exact) mass is 461 g/mol. The summed E-state index contributed by atoms with van der Waals surface area (Å²) in [6, 6.07) is 11.1. The number of amides is 1. The summed E-state index contributed by atoms with van der Waals surface area (Å²) in [5, 5.41) is 2.28. The summed E-state index contributed by atoms with van der Waals surface area (Å²) < 4.78 is 16.0. The molecule has 0 N–H and O–H groups in total. The van der Waals surface area contributed by atoms with Crippen LogP contribution in [0.1, 0.15) is 29.3 Å². The molecule has 8 nitrogen and oxygen atoms in total. The Labute approximate surface area is 193 Å². The highest BCUT2D eigenvalue weighted by molar-refractivity contribution is 7.14. The maximum atomic E-state index is 12.5. The summed E-state index contributed by atoms with van der Waals surface area (Å²) in [5.41, 5.74) is 3.99. The van der Waals surface area contributed by atoms with E-state index < -0.39 is 5.97 Å². The minimum atomic E-state index is -0.574. The third kappa shape index (κ3) is 3.87. The highest BCUT2D eigenvalue weighted by Gasteiger charge is 2.27. The molecule has 0 aliphatic carbocycles. The number of aliphatic imine (C=N–C) groups is 1. The van der Waals surface area contributed by atoms with Crippen LogP contribution in [0.3, 0.4) is 0 Å². The molecule has 0 atom stereocenters. The zero-order chi connectivity index (χ0) is 23.1. The molecule has 0 spiro atoms. The van der Waals surface area contributed by atoms with Crippen molar-refractivity contribution in [3.05, 3.63) is 69.9 Å². The summed E-state index contributed by atoms with van der Waals surface area (Å²) in [6.07, 6.45) is 1.55. The van der Waals surface area contributed by atoms with Crippen molar-refractivity contribution in [3.8, 4) is 11.5 Å². The van der Waals surface area contributed by atoms with Crippen molar-refractivity contribution in [1.82, 2.24) is 4.98 Å². The topological polar surface area (TPSA) is 90.3 Å². The van der Waals surface area contributed by atoms with E-state index >= 15 is 0 Å². The molecule has 3 heterocycles. The number of hydrogen-bond donors (Lipinski definition) is 0. The van der Waals surface area contributed by atoms with Crippen LogP contribution in [0.25, 0.3) is 6.08 Å². The molecule has 0 saturated heterocycles. The molecule has 0 radical (unpaired) electrons. The largest absolute Gasteiger partial charge is 0.454 e. The zero-order valence-corrected chi connectivity index (χ0v) is 18.9. The number of cyclic esters (lactones) is 1. The summed E-state index contributed by atoms with van der Waals surface area (Å²) in [6.45, 7) is 5.56. The molecule has 2 aromatic carbocycles. The van der Waals surface area contributed by atoms with Crippen LogP contribution in [0.5, 0.6) is 11.5 Å². The van der Waals surface area contributed by atoms with Gasteiger partial charge in [-0.2, -0.15) is 0 Å². The lowest BCUT2D eigenvalue weighted by Crippen LogP contribution is -2.24. The maximum absolute atomic E-state index is 12.5. The molecule has 1 amide bonds. The van der Waals surface area contributed by atoms with Gasteiger partial charge in [-0.3, -0.25) is 9.69 Å². The zero-order valence-electron chi connectivity index (χ0n) is 18.1. The first kappa shape index (κ1) is 20.9. The first-order valence-corrected chi connectivity index (χ1v) is 11.0. The van der Waals surface area contributed by atoms with E-state index in [4.69, 9.17) is 14.2 Å². The molecular formula is C24H19N3O5S. The number of aryl methyl sites for hydroxylation is 2. The first-order chi connectivity index (χ1) is 15.9. The number of para-hydroxylation sites is 1. The first-order valence-electron chi connectivity index (χ1n) is 10.2. The Morgan fingerprint density at radius 1 is 1.12 bits per heavy atom. The standard InChI is InChI=1S/C24H19N3O5S/c1-13-5-4-6-14(2)21(13)27(15(3)28)24-25-17(11-33-24)10-18-23(29)32-22(26-18)16-7-8-19-20(9-16)31-12-30-19/h4-11H,12H2,1-3H3/b18-10-. The van der Waals surface area contributed by atoms with Crippen LogP contribution in [0.4, 0.5) is 10.8 Å². The molecule has 9 heteroatoms. The summed E-state index contributed by atoms with van der Waals surface area (Å²) >= 11 is 1.31. The molecule has 3 aromatic rings. The average molecular weight is 461 g/mol. The van der Waals surface area contributed by atoms with Gasteiger partial charge in [0.2, 0.25) is 18.6 Å². The van der Waals surface area contributed by atoms with Crippen molar-refractivity contribution in [2.24, 2.45) is 4.99 Å². The summed E-state index contributed by atoms with van der Waals surface area (Å²) in [7, 11) is 0. The van der Waals surface area contributed by atoms with Crippen molar-refractivity contribution in [2.45, 2.75) is 20.8 Å². The lowest BCUT2D eigenvalue weighted by atomic mass is 10.1. The number of esters is 1. The van der Waals surface area contributed by atoms with Gasteiger partial charge in [0.05, 0.1) is 11.4 Å². The number of aromatic nitrogens is 1. The maximum Gasteiger partial charge on any atom is 0.363 e. The van der Waals surface area contributed by atoms with Crippen LogP contribution in [-0.4, -0.2) is 29.6 Å². The molecular weight excluding hydrogens is 442 g/mol. The second-order valence-corrected chi connectivity index (χ2v) is 8.39. The Bertz CT molecular complexity index is 1340. The van der Waals surface area contributed by atoms with Gasteiger partial charge in [0.25, 0.3) is 0 Å². The number of benzene rings is 2. The molecule has 166 valence electrons. The summed E-state index contributed by atoms with van der Waals surface area (Å²) in [4.78, 5) is 35.4. The minimum Gasteiger partial charge on any atom is -0.454 e. The Balaban J connectivity index is 1.45. The van der Waals surface area contributed by atoms with Gasteiger partial charge < -0.3 is 14.2 Å². The van der Waals surface area contributed by atoms with E-state index in [0.717, 1.165) is 16.8 Å². The van der Waals surface area contributed by atoms with Crippen LogP contribution in [0.15, 0.2) is 52.5 Å². The van der Waals surface area contributed by atoms with Crippen molar-refractivity contribution in [1.29, 1.82) is 0 Å². The molecule has 2 aliphatic heterocycles. The number of hydrogen-bond acceptors (Lipinski definition) is 8. The van der Waals surface area contributed by atoms with Gasteiger partial charge in [0.15, 0.2) is 22.3 Å². The van der Waals surface area contributed by atoms with Crippen LogP contribution >= 0.6 is 11.3 Å². The number of ether oxygens (including phenoxy) is 3. The van der Waals surface area contributed by atoms with E-state index in [9.17, 15) is 9.59 Å². The lowest BCUT2D eigenvalue weighted by Gasteiger charge is -2.22. The second-order valence-electron chi connectivity index (χ2n) is 7.55. The molecule has 0 saturated carbocycles. The number of fused-ring (bicyclic) bond motifs is 1. The second kappa shape index (κ2) is 8.18. The van der Waals surface area contributed by atoms with Crippen molar-refractivity contribution in [3.63, 3.8) is 0 Å². The molecule has 0 fully saturated rings. The number of anilines is 2. The van der Waals surface area contributed by atoms with Gasteiger partial charge in [-0.1, -0.05) is 18.2 Å². The number of nitrogens with zero attached hydrogens (tertiary/aromatic N) is 3. The highest BCUT2D eigenvalue weighted by Crippen LogP contribution is 2.35. The van der Waals surface area contributed by atoms with Gasteiger partial charge in [-0.05, 0) is 49.2 Å². The quantitative estimate of drug-likeness (QED) is 0.419. The fourth-order valence-corrected chi connectivity index (χ4v) is 4.52. The Hall–Kier alpha value is -3.98. The number of rotatable bonds is 4. The molecule has 5 rings (SSSR count). The third-order valence-electron chi connectivity index (χ3n) is 5.20. The van der Waals surface area contributed by atoms with Crippen LogP contribution < -0.4 is 14.4 Å². The fourth-order valence-electron chi connectivity index (χ4n) is 3.69. The Morgan fingerprint density at radius 3 is 2.64 bits per heavy atom. The van der Waals surface area contributed by atoms with E-state index in [2.05, 4.69) is 9.98 Å². The Morgan fingerprint density at radius 2 is 1.88 bits per heavy atom. The smallest absolute Gasteiger partial charge is 0.363 e. The molecule has 33 heavy (non-hydrogen) atoms. The van der Waals surface area contributed by atoms with Crippen LogP contribution in [-0.2, 0) is 14.3 Å². The SMILES string of the molecule is CC(=O)N(c1nc(/C=C2\N=C(c3ccc4c(c3)OCO4)OC2=O)cs1)c1c(C)cccc1C. The lowest BCUT2D eigenvalue weighted by molar-refractivity contribution is -0.130. The number of thiazole rings is 1. The van der Waals surface area contributed by atoms with Gasteiger partial charge in [0, 0.05) is 17.9 Å². The average Bonchev–Trinajstić information content (AvgIpc) is 3.51. The third-order valence-corrected chi connectivity index (χ3v) is 6.05. The predicted molar refractivity (Wildman–Crippen MR) is 124 cm³/mol. The van der Waals surface area contributed by atoms with Crippen molar-refractivity contribution >= 4 is 46.0 Å². The van der Waals surface area contributed by atoms with Crippen molar-refractivity contribution in [2.75, 3.05) is 11.7 Å². The fraction of sp³-hybridized carbons (Fsp3) is 0.167. The van der Waals surface area contributed by atoms with E-state index in [-0.39, 0.29) is 24.3 Å². The van der Waals surface area contributed by atoms with Gasteiger partial charge in [0.1, 0.15) is 0 Å². The van der Waals surface area contributed by atoms with Crippen LogP contribution in [0, 0.1) is 13.8 Å². The number of carbonyl (C=O) groups is 2. The molecule has 0 bridgehead atoms. The molecule has 2 aliphatic rings. The van der Waals surface area contributed by atoms with E-state index in [0.29, 0.717) is 27.9 Å². The minimum absolute atomic E-state index is 0.126. The normalized spacial score (nSPS) is 15.5. The van der Waals surface area contributed by atoms with Gasteiger partial charge in [-0.15, -0.1) is 11.3 Å². The molecule has 1 aromatic heterocycles. The number of carbonyl (C=O) groups excluding carboxylic acids is 2. The van der Waals surface area contributed by atoms with E-state index in [1.165, 1.54) is 18.3 Å². The van der Waals surface area contributed by atoms with Gasteiger partial charge >= 0.3 is 5.97 Å². The van der Waals surface area contributed by atoms with E-state index in [1.807, 2.05) is 32.0 Å². The predicted octanol–water partition coefficient (Wildman–Crippen LogP) is 4.52. The highest BCUT2D eigenvalue weighted by atomic mass is 32.1. The van der Waals surface area contributed by atoms with E-state index in [1.54, 1.807) is 34.6 Å². The van der Waals surface area contributed by atoms with Gasteiger partial charge in [-0.25, -0.2) is 14.8 Å².